The van der Waals surface area contributed by atoms with Gasteiger partial charge < -0.3 is 19.7 Å². The van der Waals surface area contributed by atoms with Crippen LogP contribution < -0.4 is 10.1 Å². The summed E-state index contributed by atoms with van der Waals surface area (Å²) in [5, 5.41) is 2.58. The molecule has 0 aliphatic carbocycles. The standard InChI is InChI=1S/C21H30N2O5/c1-14(12-17(15(2)24)22-20(26)28-21(3,4)5)19(25)23-10-11-27-18-9-7-6-8-16(18)13-23/h6-9,14,17H,10-13H2,1-5H3,(H,22,26)/t14?,17-/m0/s1. The first-order valence-corrected chi connectivity index (χ1v) is 9.56. The van der Waals surface area contributed by atoms with Crippen LogP contribution in [0.15, 0.2) is 24.3 Å². The van der Waals surface area contributed by atoms with E-state index in [1.54, 1.807) is 32.6 Å². The minimum Gasteiger partial charge on any atom is -0.491 e. The number of rotatable bonds is 5. The number of hydrogen-bond acceptors (Lipinski definition) is 5. The van der Waals surface area contributed by atoms with Gasteiger partial charge in [-0.3, -0.25) is 9.59 Å². The molecule has 0 saturated heterocycles. The Morgan fingerprint density at radius 1 is 1.25 bits per heavy atom. The Morgan fingerprint density at radius 2 is 1.93 bits per heavy atom. The summed E-state index contributed by atoms with van der Waals surface area (Å²) in [6.45, 7) is 9.78. The van der Waals surface area contributed by atoms with Crippen LogP contribution in [0.5, 0.6) is 5.75 Å². The first-order valence-electron chi connectivity index (χ1n) is 9.56. The monoisotopic (exact) mass is 390 g/mol. The van der Waals surface area contributed by atoms with Crippen molar-refractivity contribution < 1.29 is 23.9 Å². The number of amides is 2. The van der Waals surface area contributed by atoms with Gasteiger partial charge in [0.15, 0.2) is 5.78 Å². The van der Waals surface area contributed by atoms with Gasteiger partial charge in [0.25, 0.3) is 0 Å². The minimum absolute atomic E-state index is 0.0717. The molecule has 0 saturated carbocycles. The van der Waals surface area contributed by atoms with Gasteiger partial charge in [-0.15, -0.1) is 0 Å². The molecular weight excluding hydrogens is 360 g/mol. The highest BCUT2D eigenvalue weighted by atomic mass is 16.6. The molecule has 1 N–H and O–H groups in total. The summed E-state index contributed by atoms with van der Waals surface area (Å²) < 4.78 is 10.9. The van der Waals surface area contributed by atoms with Crippen molar-refractivity contribution in [2.24, 2.45) is 5.92 Å². The van der Waals surface area contributed by atoms with Gasteiger partial charge in [0, 0.05) is 18.0 Å². The molecule has 0 aromatic heterocycles. The number of ether oxygens (including phenoxy) is 2. The Morgan fingerprint density at radius 3 is 2.57 bits per heavy atom. The summed E-state index contributed by atoms with van der Waals surface area (Å²) in [5.74, 6) is 0.0698. The quantitative estimate of drug-likeness (QED) is 0.836. The number of hydrogen-bond donors (Lipinski definition) is 1. The molecule has 1 aromatic carbocycles. The van der Waals surface area contributed by atoms with Crippen LogP contribution in [0, 0.1) is 5.92 Å². The molecule has 2 atom stereocenters. The minimum atomic E-state index is -0.774. The summed E-state index contributed by atoms with van der Waals surface area (Å²) in [7, 11) is 0. The summed E-state index contributed by atoms with van der Waals surface area (Å²) >= 11 is 0. The Kier molecular flexibility index (Phi) is 7.05. The average molecular weight is 390 g/mol. The molecule has 1 aliphatic rings. The number of benzene rings is 1. The van der Waals surface area contributed by atoms with Crippen molar-refractivity contribution in [3.05, 3.63) is 29.8 Å². The average Bonchev–Trinajstić information content (AvgIpc) is 2.80. The third-order valence-corrected chi connectivity index (χ3v) is 4.46. The summed E-state index contributed by atoms with van der Waals surface area (Å²) in [6.07, 6.45) is -0.448. The predicted molar refractivity (Wildman–Crippen MR) is 105 cm³/mol. The zero-order chi connectivity index (χ0) is 20.9. The smallest absolute Gasteiger partial charge is 0.408 e. The van der Waals surface area contributed by atoms with E-state index >= 15 is 0 Å². The summed E-state index contributed by atoms with van der Waals surface area (Å²) in [4.78, 5) is 38.7. The van der Waals surface area contributed by atoms with Gasteiger partial charge in [0.2, 0.25) is 5.91 Å². The Balaban J connectivity index is 2.00. The van der Waals surface area contributed by atoms with E-state index in [1.165, 1.54) is 6.92 Å². The number of alkyl carbamates (subject to hydrolysis) is 1. The van der Waals surface area contributed by atoms with Crippen molar-refractivity contribution in [3.8, 4) is 5.75 Å². The zero-order valence-electron chi connectivity index (χ0n) is 17.3. The second kappa shape index (κ2) is 9.08. The second-order valence-corrected chi connectivity index (χ2v) is 8.16. The number of para-hydroxylation sites is 1. The maximum absolute atomic E-state index is 12.9. The van der Waals surface area contributed by atoms with Crippen molar-refractivity contribution in [1.29, 1.82) is 0 Å². The van der Waals surface area contributed by atoms with Crippen LogP contribution in [0.25, 0.3) is 0 Å². The molecule has 0 fully saturated rings. The zero-order valence-corrected chi connectivity index (χ0v) is 17.3. The number of fused-ring (bicyclic) bond motifs is 1. The topological polar surface area (TPSA) is 84.9 Å². The summed E-state index contributed by atoms with van der Waals surface area (Å²) in [5.41, 5.74) is 0.294. The van der Waals surface area contributed by atoms with E-state index in [4.69, 9.17) is 9.47 Å². The van der Waals surface area contributed by atoms with E-state index in [2.05, 4.69) is 5.32 Å². The van der Waals surface area contributed by atoms with Gasteiger partial charge in [0.05, 0.1) is 12.6 Å². The predicted octanol–water partition coefficient (Wildman–Crippen LogP) is 2.92. The highest BCUT2D eigenvalue weighted by Crippen LogP contribution is 2.24. The van der Waals surface area contributed by atoms with Gasteiger partial charge in [-0.05, 0) is 40.2 Å². The first kappa shape index (κ1) is 21.7. The molecule has 1 heterocycles. The van der Waals surface area contributed by atoms with Crippen molar-refractivity contribution in [3.63, 3.8) is 0 Å². The van der Waals surface area contributed by atoms with Crippen molar-refractivity contribution in [2.75, 3.05) is 13.2 Å². The van der Waals surface area contributed by atoms with Crippen LogP contribution >= 0.6 is 0 Å². The number of carbonyl (C=O) groups is 3. The van der Waals surface area contributed by atoms with Gasteiger partial charge in [-0.2, -0.15) is 0 Å². The molecule has 2 amide bonds. The lowest BCUT2D eigenvalue weighted by Crippen LogP contribution is -2.45. The van der Waals surface area contributed by atoms with Gasteiger partial charge in [-0.1, -0.05) is 25.1 Å². The van der Waals surface area contributed by atoms with Gasteiger partial charge in [0.1, 0.15) is 18.0 Å². The molecule has 1 unspecified atom stereocenters. The van der Waals surface area contributed by atoms with E-state index in [1.807, 2.05) is 24.3 Å². The van der Waals surface area contributed by atoms with Crippen LogP contribution in [-0.2, 0) is 20.9 Å². The number of carbonyl (C=O) groups excluding carboxylic acids is 3. The van der Waals surface area contributed by atoms with Gasteiger partial charge in [-0.25, -0.2) is 4.79 Å². The van der Waals surface area contributed by atoms with Crippen LogP contribution in [0.1, 0.15) is 46.6 Å². The molecule has 7 nitrogen and oxygen atoms in total. The maximum atomic E-state index is 12.9. The molecule has 1 aromatic rings. The molecule has 28 heavy (non-hydrogen) atoms. The summed E-state index contributed by atoms with van der Waals surface area (Å²) in [6, 6.07) is 6.87. The van der Waals surface area contributed by atoms with Crippen LogP contribution in [0.2, 0.25) is 0 Å². The van der Waals surface area contributed by atoms with Crippen LogP contribution in [0.4, 0.5) is 4.79 Å². The third-order valence-electron chi connectivity index (χ3n) is 4.46. The number of ketones is 1. The second-order valence-electron chi connectivity index (χ2n) is 8.16. The molecule has 0 radical (unpaired) electrons. The molecule has 1 aliphatic heterocycles. The lowest BCUT2D eigenvalue weighted by molar-refractivity contribution is -0.136. The third kappa shape index (κ3) is 6.25. The highest BCUT2D eigenvalue weighted by Gasteiger charge is 2.29. The number of nitrogens with one attached hydrogen (secondary N) is 1. The van der Waals surface area contributed by atoms with E-state index in [9.17, 15) is 14.4 Å². The van der Waals surface area contributed by atoms with Gasteiger partial charge >= 0.3 is 6.09 Å². The molecule has 154 valence electrons. The maximum Gasteiger partial charge on any atom is 0.408 e. The number of nitrogens with zero attached hydrogens (tertiary/aromatic N) is 1. The molecule has 7 heteroatoms. The Labute approximate surface area is 166 Å². The molecule has 0 bridgehead atoms. The van der Waals surface area contributed by atoms with Crippen molar-refractivity contribution in [2.45, 2.75) is 59.2 Å². The van der Waals surface area contributed by atoms with E-state index in [0.29, 0.717) is 19.7 Å². The Bertz CT molecular complexity index is 726. The van der Waals surface area contributed by atoms with E-state index in [0.717, 1.165) is 11.3 Å². The van der Waals surface area contributed by atoms with Crippen molar-refractivity contribution in [1.82, 2.24) is 10.2 Å². The lowest BCUT2D eigenvalue weighted by Gasteiger charge is -2.27. The fourth-order valence-corrected chi connectivity index (χ4v) is 3.06. The molecule has 2 rings (SSSR count). The van der Waals surface area contributed by atoms with Crippen molar-refractivity contribution >= 4 is 17.8 Å². The largest absolute Gasteiger partial charge is 0.491 e. The highest BCUT2D eigenvalue weighted by molar-refractivity contribution is 5.87. The van der Waals surface area contributed by atoms with Crippen LogP contribution in [-0.4, -0.2) is 47.5 Å². The lowest BCUT2D eigenvalue weighted by atomic mass is 9.97. The van der Waals surface area contributed by atoms with E-state index < -0.39 is 23.7 Å². The number of Topliss-reactive ketones (excluding diaryl/α,β-unsaturated/α-hetero) is 1. The Hall–Kier alpha value is -2.57. The molecule has 0 spiro atoms. The SMILES string of the molecule is CC(=O)[C@H](CC(C)C(=O)N1CCOc2ccccc2C1)NC(=O)OC(C)(C)C. The fourth-order valence-electron chi connectivity index (χ4n) is 3.06. The fraction of sp³-hybridized carbons (Fsp3) is 0.571. The van der Waals surface area contributed by atoms with Crippen LogP contribution in [0.3, 0.4) is 0 Å². The first-order chi connectivity index (χ1) is 13.1. The normalized spacial score (nSPS) is 16.1. The van der Waals surface area contributed by atoms with E-state index in [-0.39, 0.29) is 18.1 Å². The molecular formula is C21H30N2O5.